The van der Waals surface area contributed by atoms with Crippen molar-refractivity contribution in [2.24, 2.45) is 0 Å². The minimum absolute atomic E-state index is 0.878. The van der Waals surface area contributed by atoms with Crippen LogP contribution in [0.2, 0.25) is 0 Å². The minimum Gasteiger partial charge on any atom is -0.294 e. The van der Waals surface area contributed by atoms with Gasteiger partial charge in [0, 0.05) is 21.5 Å². The molecule has 0 radical (unpaired) electrons. The van der Waals surface area contributed by atoms with Crippen molar-refractivity contribution in [3.8, 4) is 45.0 Å². The second-order valence-electron chi connectivity index (χ2n) is 12.8. The van der Waals surface area contributed by atoms with Crippen molar-refractivity contribution < 1.29 is 0 Å². The van der Waals surface area contributed by atoms with Crippen LogP contribution in [-0.2, 0) is 0 Å². The van der Waals surface area contributed by atoms with Crippen molar-refractivity contribution in [1.29, 1.82) is 0 Å². The number of benzene rings is 7. The molecule has 0 N–H and O–H groups in total. The van der Waals surface area contributed by atoms with Crippen LogP contribution in [-0.4, -0.2) is 14.1 Å². The van der Waals surface area contributed by atoms with E-state index in [2.05, 4.69) is 197 Å². The van der Waals surface area contributed by atoms with E-state index >= 15 is 0 Å². The number of hydrogen-bond donors (Lipinski definition) is 0. The number of rotatable bonds is 5. The molecule has 234 valence electrons. The van der Waals surface area contributed by atoms with E-state index in [9.17, 15) is 0 Å². The Balaban J connectivity index is 1.31. The average molecular weight is 638 g/mol. The van der Waals surface area contributed by atoms with E-state index in [1.807, 2.05) is 0 Å². The summed E-state index contributed by atoms with van der Waals surface area (Å²) in [5.74, 6) is 1.76. The molecule has 10 aromatic rings. The third-order valence-corrected chi connectivity index (χ3v) is 9.93. The zero-order chi connectivity index (χ0) is 33.0. The second-order valence-corrected chi connectivity index (χ2v) is 12.8. The molecule has 50 heavy (non-hydrogen) atoms. The SMILES string of the molecule is c1ccc(-c2cc(-n3c4ccccc4c4c(-c5ccccc5)cccc43)nc(-n3c4ccccc4c4c(-c5ccccc5)cccc43)c2)cc1. The van der Waals surface area contributed by atoms with Gasteiger partial charge in [0.15, 0.2) is 0 Å². The lowest BCUT2D eigenvalue weighted by atomic mass is 9.99. The highest BCUT2D eigenvalue weighted by Gasteiger charge is 2.21. The summed E-state index contributed by atoms with van der Waals surface area (Å²) in [6.07, 6.45) is 0. The fourth-order valence-electron chi connectivity index (χ4n) is 7.78. The van der Waals surface area contributed by atoms with Gasteiger partial charge in [0.25, 0.3) is 0 Å². The number of aromatic nitrogens is 3. The fraction of sp³-hybridized carbons (Fsp3) is 0. The zero-order valence-electron chi connectivity index (χ0n) is 27.2. The average Bonchev–Trinajstić information content (AvgIpc) is 3.72. The summed E-state index contributed by atoms with van der Waals surface area (Å²) in [5, 5.41) is 4.87. The van der Waals surface area contributed by atoms with Crippen LogP contribution in [0.25, 0.3) is 88.6 Å². The summed E-state index contributed by atoms with van der Waals surface area (Å²) in [5.41, 5.74) is 11.6. The van der Waals surface area contributed by atoms with E-state index in [0.717, 1.165) is 44.8 Å². The number of nitrogens with zero attached hydrogens (tertiary/aromatic N) is 3. The van der Waals surface area contributed by atoms with Gasteiger partial charge in [0.2, 0.25) is 0 Å². The highest BCUT2D eigenvalue weighted by Crippen LogP contribution is 2.41. The molecule has 3 aromatic heterocycles. The summed E-state index contributed by atoms with van der Waals surface area (Å²) in [4.78, 5) is 5.58. The largest absolute Gasteiger partial charge is 0.294 e. The third-order valence-electron chi connectivity index (χ3n) is 9.93. The van der Waals surface area contributed by atoms with E-state index in [1.165, 1.54) is 43.8 Å². The predicted octanol–water partition coefficient (Wildman–Crippen LogP) is 12.3. The van der Waals surface area contributed by atoms with Gasteiger partial charge in [-0.3, -0.25) is 9.13 Å². The molecular formula is C47H31N3. The Kier molecular flexibility index (Phi) is 6.49. The predicted molar refractivity (Wildman–Crippen MR) is 209 cm³/mol. The molecule has 0 fully saturated rings. The normalized spacial score (nSPS) is 11.6. The van der Waals surface area contributed by atoms with Crippen molar-refractivity contribution in [1.82, 2.24) is 14.1 Å². The Bertz CT molecular complexity index is 2670. The topological polar surface area (TPSA) is 22.8 Å². The van der Waals surface area contributed by atoms with Gasteiger partial charge in [-0.25, -0.2) is 4.98 Å². The molecule has 3 nitrogen and oxygen atoms in total. The van der Waals surface area contributed by atoms with Gasteiger partial charge in [0.1, 0.15) is 11.6 Å². The highest BCUT2D eigenvalue weighted by molar-refractivity contribution is 6.17. The smallest absolute Gasteiger partial charge is 0.140 e. The lowest BCUT2D eigenvalue weighted by molar-refractivity contribution is 1.01. The first-order chi connectivity index (χ1) is 24.8. The van der Waals surface area contributed by atoms with Crippen LogP contribution in [0.1, 0.15) is 0 Å². The molecule has 0 saturated carbocycles. The summed E-state index contributed by atoms with van der Waals surface area (Å²) >= 11 is 0. The highest BCUT2D eigenvalue weighted by atomic mass is 15.1. The van der Waals surface area contributed by atoms with Crippen LogP contribution in [0, 0.1) is 0 Å². The van der Waals surface area contributed by atoms with Crippen molar-refractivity contribution in [2.75, 3.05) is 0 Å². The van der Waals surface area contributed by atoms with E-state index in [4.69, 9.17) is 4.98 Å². The summed E-state index contributed by atoms with van der Waals surface area (Å²) < 4.78 is 4.69. The Labute approximate surface area is 290 Å². The van der Waals surface area contributed by atoms with Gasteiger partial charge in [-0.05, 0) is 69.8 Å². The standard InChI is InChI=1S/C47H31N3/c1-4-16-32(17-5-1)35-30-44(49-40-26-12-10-22-38(40)46-36(24-14-28-42(46)49)33-18-6-2-7-19-33)48-45(31-35)50-41-27-13-11-23-39(41)47-37(25-15-29-43(47)50)34-20-8-3-9-21-34/h1-31H. The zero-order valence-corrected chi connectivity index (χ0v) is 27.2. The maximum atomic E-state index is 5.58. The molecule has 0 bridgehead atoms. The molecule has 0 aliphatic rings. The minimum atomic E-state index is 0.878. The third kappa shape index (κ3) is 4.41. The van der Waals surface area contributed by atoms with Crippen molar-refractivity contribution in [2.45, 2.75) is 0 Å². The molecule has 0 amide bonds. The van der Waals surface area contributed by atoms with E-state index in [0.29, 0.717) is 0 Å². The molecule has 0 spiro atoms. The van der Waals surface area contributed by atoms with Crippen LogP contribution >= 0.6 is 0 Å². The first-order valence-electron chi connectivity index (χ1n) is 17.1. The first kappa shape index (κ1) is 28.3. The fourth-order valence-corrected chi connectivity index (χ4v) is 7.78. The van der Waals surface area contributed by atoms with Crippen LogP contribution < -0.4 is 0 Å². The van der Waals surface area contributed by atoms with Crippen LogP contribution in [0.15, 0.2) is 188 Å². The van der Waals surface area contributed by atoms with Gasteiger partial charge in [-0.2, -0.15) is 0 Å². The van der Waals surface area contributed by atoms with Crippen LogP contribution in [0.4, 0.5) is 0 Å². The molecule has 10 rings (SSSR count). The van der Waals surface area contributed by atoms with Gasteiger partial charge in [-0.15, -0.1) is 0 Å². The number of pyridine rings is 1. The van der Waals surface area contributed by atoms with Crippen molar-refractivity contribution in [3.63, 3.8) is 0 Å². The monoisotopic (exact) mass is 637 g/mol. The number of fused-ring (bicyclic) bond motifs is 6. The van der Waals surface area contributed by atoms with Crippen molar-refractivity contribution in [3.05, 3.63) is 188 Å². The Morgan fingerprint density at radius 3 is 1.14 bits per heavy atom. The Hall–Kier alpha value is -6.71. The lowest BCUT2D eigenvalue weighted by Gasteiger charge is -2.15. The second kappa shape index (κ2) is 11.5. The molecule has 0 aliphatic carbocycles. The lowest BCUT2D eigenvalue weighted by Crippen LogP contribution is -2.04. The molecule has 3 heteroatoms. The molecule has 3 heterocycles. The van der Waals surface area contributed by atoms with E-state index in [1.54, 1.807) is 0 Å². The maximum Gasteiger partial charge on any atom is 0.140 e. The number of hydrogen-bond acceptors (Lipinski definition) is 1. The van der Waals surface area contributed by atoms with Crippen LogP contribution in [0.5, 0.6) is 0 Å². The molecule has 7 aromatic carbocycles. The molecule has 0 atom stereocenters. The first-order valence-corrected chi connectivity index (χ1v) is 17.1. The number of para-hydroxylation sites is 2. The molecule has 0 saturated heterocycles. The van der Waals surface area contributed by atoms with Gasteiger partial charge in [-0.1, -0.05) is 152 Å². The summed E-state index contributed by atoms with van der Waals surface area (Å²) in [7, 11) is 0. The Morgan fingerprint density at radius 2 is 0.680 bits per heavy atom. The van der Waals surface area contributed by atoms with Gasteiger partial charge < -0.3 is 0 Å². The maximum absolute atomic E-state index is 5.58. The quantitative estimate of drug-likeness (QED) is 0.184. The molecule has 0 unspecified atom stereocenters. The van der Waals surface area contributed by atoms with Gasteiger partial charge >= 0.3 is 0 Å². The van der Waals surface area contributed by atoms with Crippen LogP contribution in [0.3, 0.4) is 0 Å². The van der Waals surface area contributed by atoms with E-state index < -0.39 is 0 Å². The molecule has 0 aliphatic heterocycles. The van der Waals surface area contributed by atoms with Gasteiger partial charge in [0.05, 0.1) is 22.1 Å². The Morgan fingerprint density at radius 1 is 0.300 bits per heavy atom. The molecular weight excluding hydrogens is 607 g/mol. The summed E-state index contributed by atoms with van der Waals surface area (Å²) in [6.45, 7) is 0. The van der Waals surface area contributed by atoms with Crippen molar-refractivity contribution >= 4 is 43.6 Å². The van der Waals surface area contributed by atoms with E-state index in [-0.39, 0.29) is 0 Å². The summed E-state index contributed by atoms with van der Waals surface area (Å²) in [6, 6.07) is 67.2.